The minimum atomic E-state index is 0.883. The van der Waals surface area contributed by atoms with Gasteiger partial charge in [-0.2, -0.15) is 0 Å². The molecule has 0 saturated carbocycles. The summed E-state index contributed by atoms with van der Waals surface area (Å²) in [5.41, 5.74) is 0. The summed E-state index contributed by atoms with van der Waals surface area (Å²) in [5.74, 6) is 0. The van der Waals surface area contributed by atoms with Crippen LogP contribution in [-0.2, 0) is 0 Å². The van der Waals surface area contributed by atoms with Crippen LogP contribution >= 0.6 is 12.2 Å². The smallest absolute Gasteiger partial charge is 0.168 e. The molecule has 0 saturated heterocycles. The molecule has 0 rings (SSSR count). The zero-order valence-corrected chi connectivity index (χ0v) is 10.7. The van der Waals surface area contributed by atoms with Crippen LogP contribution in [0.4, 0.5) is 0 Å². The summed E-state index contributed by atoms with van der Waals surface area (Å²) < 4.78 is 0. The number of thiocarbonyl (C=S) groups is 1. The molecule has 0 aromatic carbocycles. The van der Waals surface area contributed by atoms with E-state index in [2.05, 4.69) is 43.1 Å². The molecule has 0 aromatic heterocycles. The van der Waals surface area contributed by atoms with Crippen LogP contribution in [-0.4, -0.2) is 55.2 Å². The average molecular weight is 217 g/mol. The number of nitrogens with one attached hydrogen (secondary N) is 1. The van der Waals surface area contributed by atoms with E-state index in [-0.39, 0.29) is 0 Å². The van der Waals surface area contributed by atoms with Crippen molar-refractivity contribution in [3.05, 3.63) is 0 Å². The number of nitrogens with zero attached hydrogens (tertiary/aromatic N) is 2. The molecule has 0 heterocycles. The van der Waals surface area contributed by atoms with Crippen LogP contribution in [0.5, 0.6) is 0 Å². The molecule has 0 aromatic rings. The maximum Gasteiger partial charge on any atom is 0.168 e. The maximum atomic E-state index is 5.25. The molecule has 0 bridgehead atoms. The number of hydrogen-bond donors (Lipinski definition) is 1. The van der Waals surface area contributed by atoms with Crippen molar-refractivity contribution in [3.8, 4) is 0 Å². The first-order valence-electron chi connectivity index (χ1n) is 5.29. The fourth-order valence-electron chi connectivity index (χ4n) is 1.21. The lowest BCUT2D eigenvalue weighted by molar-refractivity contribution is 0.396. The topological polar surface area (TPSA) is 18.5 Å². The van der Waals surface area contributed by atoms with Crippen molar-refractivity contribution in [2.24, 2.45) is 0 Å². The first kappa shape index (κ1) is 13.7. The Morgan fingerprint density at radius 2 is 1.79 bits per heavy atom. The van der Waals surface area contributed by atoms with E-state index in [0.29, 0.717) is 0 Å². The van der Waals surface area contributed by atoms with Gasteiger partial charge in [-0.3, -0.25) is 0 Å². The molecule has 0 aliphatic carbocycles. The monoisotopic (exact) mass is 217 g/mol. The Hall–Kier alpha value is -0.350. The van der Waals surface area contributed by atoms with E-state index in [1.54, 1.807) is 0 Å². The SMILES string of the molecule is CCN(CC)C(=S)NCCCN(C)C. The third-order valence-electron chi connectivity index (χ3n) is 2.11. The van der Waals surface area contributed by atoms with Crippen molar-refractivity contribution >= 4 is 17.3 Å². The van der Waals surface area contributed by atoms with Crippen molar-refractivity contribution in [3.63, 3.8) is 0 Å². The molecule has 84 valence electrons. The number of hydrogen-bond acceptors (Lipinski definition) is 2. The van der Waals surface area contributed by atoms with E-state index >= 15 is 0 Å². The van der Waals surface area contributed by atoms with Gasteiger partial charge in [0.2, 0.25) is 0 Å². The summed E-state index contributed by atoms with van der Waals surface area (Å²) in [6.07, 6.45) is 1.13. The van der Waals surface area contributed by atoms with E-state index in [9.17, 15) is 0 Å². The van der Waals surface area contributed by atoms with E-state index in [1.807, 2.05) is 0 Å². The van der Waals surface area contributed by atoms with Gasteiger partial charge in [-0.25, -0.2) is 0 Å². The Kier molecular flexibility index (Phi) is 7.80. The van der Waals surface area contributed by atoms with Gasteiger partial charge in [0.05, 0.1) is 0 Å². The van der Waals surface area contributed by atoms with E-state index in [1.165, 1.54) is 0 Å². The van der Waals surface area contributed by atoms with E-state index < -0.39 is 0 Å². The summed E-state index contributed by atoms with van der Waals surface area (Å²) in [5, 5.41) is 4.15. The predicted molar refractivity (Wildman–Crippen MR) is 66.7 cm³/mol. The molecule has 14 heavy (non-hydrogen) atoms. The van der Waals surface area contributed by atoms with Gasteiger partial charge in [0.15, 0.2) is 5.11 Å². The Balaban J connectivity index is 3.52. The molecule has 0 amide bonds. The van der Waals surface area contributed by atoms with Gasteiger partial charge in [-0.15, -0.1) is 0 Å². The highest BCUT2D eigenvalue weighted by atomic mass is 32.1. The van der Waals surface area contributed by atoms with Gasteiger partial charge in [-0.1, -0.05) is 0 Å². The van der Waals surface area contributed by atoms with Crippen molar-refractivity contribution < 1.29 is 0 Å². The second kappa shape index (κ2) is 8.00. The first-order valence-corrected chi connectivity index (χ1v) is 5.70. The minimum Gasteiger partial charge on any atom is -0.363 e. The standard InChI is InChI=1S/C10H23N3S/c1-5-13(6-2)10(14)11-8-7-9-12(3)4/h5-9H2,1-4H3,(H,11,14). The average Bonchev–Trinajstić information content (AvgIpc) is 2.14. The van der Waals surface area contributed by atoms with Crippen LogP contribution in [0.3, 0.4) is 0 Å². The normalized spacial score (nSPS) is 10.4. The van der Waals surface area contributed by atoms with Gasteiger partial charge >= 0.3 is 0 Å². The second-order valence-electron chi connectivity index (χ2n) is 3.56. The molecule has 0 aliphatic heterocycles. The molecule has 0 atom stereocenters. The first-order chi connectivity index (χ1) is 6.61. The molecule has 1 N–H and O–H groups in total. The van der Waals surface area contributed by atoms with Crippen LogP contribution in [0.1, 0.15) is 20.3 Å². The molecule has 0 fully saturated rings. The summed E-state index contributed by atoms with van der Waals surface area (Å²) in [6, 6.07) is 0. The fraction of sp³-hybridized carbons (Fsp3) is 0.900. The van der Waals surface area contributed by atoms with E-state index in [4.69, 9.17) is 12.2 Å². The van der Waals surface area contributed by atoms with Crippen molar-refractivity contribution in [2.45, 2.75) is 20.3 Å². The van der Waals surface area contributed by atoms with Gasteiger partial charge in [0, 0.05) is 19.6 Å². The molecule has 0 unspecified atom stereocenters. The Bertz CT molecular complexity index is 155. The van der Waals surface area contributed by atoms with Gasteiger partial charge in [0.25, 0.3) is 0 Å². The summed E-state index contributed by atoms with van der Waals surface area (Å²) in [4.78, 5) is 4.34. The Morgan fingerprint density at radius 3 is 2.21 bits per heavy atom. The van der Waals surface area contributed by atoms with Crippen LogP contribution in [0, 0.1) is 0 Å². The van der Waals surface area contributed by atoms with Crippen molar-refractivity contribution in [2.75, 3.05) is 40.3 Å². The summed E-state index contributed by atoms with van der Waals surface area (Å²) in [6.45, 7) is 8.28. The maximum absolute atomic E-state index is 5.25. The molecular weight excluding hydrogens is 194 g/mol. The molecule has 0 aliphatic rings. The van der Waals surface area contributed by atoms with Crippen LogP contribution < -0.4 is 5.32 Å². The van der Waals surface area contributed by atoms with Crippen LogP contribution in [0.15, 0.2) is 0 Å². The predicted octanol–water partition coefficient (Wildman–Crippen LogP) is 1.15. The molecular formula is C10H23N3S. The Labute approximate surface area is 93.5 Å². The number of rotatable bonds is 6. The fourth-order valence-corrected chi connectivity index (χ4v) is 1.57. The molecule has 3 nitrogen and oxygen atoms in total. The van der Waals surface area contributed by atoms with Gasteiger partial charge in [0.1, 0.15) is 0 Å². The molecule has 0 radical (unpaired) electrons. The highest BCUT2D eigenvalue weighted by Crippen LogP contribution is 1.89. The third-order valence-corrected chi connectivity index (χ3v) is 2.51. The summed E-state index contributed by atoms with van der Waals surface area (Å²) >= 11 is 5.25. The largest absolute Gasteiger partial charge is 0.363 e. The van der Waals surface area contributed by atoms with Gasteiger partial charge < -0.3 is 15.1 Å². The Morgan fingerprint density at radius 1 is 1.21 bits per heavy atom. The quantitative estimate of drug-likeness (QED) is 0.531. The zero-order chi connectivity index (χ0) is 11.0. The lowest BCUT2D eigenvalue weighted by Gasteiger charge is -2.22. The zero-order valence-electron chi connectivity index (χ0n) is 9.84. The van der Waals surface area contributed by atoms with Crippen LogP contribution in [0.25, 0.3) is 0 Å². The van der Waals surface area contributed by atoms with E-state index in [0.717, 1.165) is 37.7 Å². The third kappa shape index (κ3) is 6.16. The highest BCUT2D eigenvalue weighted by Gasteiger charge is 2.02. The minimum absolute atomic E-state index is 0.883. The van der Waals surface area contributed by atoms with Crippen LogP contribution in [0.2, 0.25) is 0 Å². The summed E-state index contributed by atoms with van der Waals surface area (Å²) in [7, 11) is 4.17. The highest BCUT2D eigenvalue weighted by molar-refractivity contribution is 7.80. The molecule has 0 spiro atoms. The van der Waals surface area contributed by atoms with Crippen molar-refractivity contribution in [1.29, 1.82) is 0 Å². The molecule has 4 heteroatoms. The van der Waals surface area contributed by atoms with Crippen molar-refractivity contribution in [1.82, 2.24) is 15.1 Å². The second-order valence-corrected chi connectivity index (χ2v) is 3.95. The lowest BCUT2D eigenvalue weighted by Crippen LogP contribution is -2.40. The van der Waals surface area contributed by atoms with Gasteiger partial charge in [-0.05, 0) is 53.1 Å². The lowest BCUT2D eigenvalue weighted by atomic mass is 10.4.